The molecule has 6 heteroatoms. The minimum atomic E-state index is -0.204. The molecule has 0 radical (unpaired) electrons. The van der Waals surface area contributed by atoms with Crippen LogP contribution in [0.5, 0.6) is 0 Å². The number of para-hydroxylation sites is 2. The molecule has 0 unspecified atom stereocenters. The lowest BCUT2D eigenvalue weighted by molar-refractivity contribution is 0.590. The van der Waals surface area contributed by atoms with E-state index in [0.717, 1.165) is 94.6 Å². The molecule has 2 aliphatic heterocycles. The molecule has 12 rings (SSSR count). The number of nitrogens with zero attached hydrogens (tertiary/aromatic N) is 2. The van der Waals surface area contributed by atoms with E-state index in [9.17, 15) is 0 Å². The van der Waals surface area contributed by atoms with Gasteiger partial charge in [0, 0.05) is 38.9 Å². The molecule has 2 aliphatic rings. The Kier molecular flexibility index (Phi) is 6.63. The molecule has 0 fully saturated rings. The summed E-state index contributed by atoms with van der Waals surface area (Å²) in [5.41, 5.74) is 16.8. The molecule has 10 aromatic rings. The summed E-state index contributed by atoms with van der Waals surface area (Å²) in [5, 5.41) is 5.31. The Hall–Kier alpha value is -6.66. The van der Waals surface area contributed by atoms with Crippen molar-refractivity contribution in [2.24, 2.45) is 0 Å². The molecule has 280 valence electrons. The summed E-state index contributed by atoms with van der Waals surface area (Å²) in [6.45, 7) is 13.4. The predicted molar refractivity (Wildman–Crippen MR) is 242 cm³/mol. The number of anilines is 6. The summed E-state index contributed by atoms with van der Waals surface area (Å²) in [6, 6.07) is 50.4. The Bertz CT molecular complexity index is 3320. The van der Waals surface area contributed by atoms with Crippen LogP contribution in [0.4, 0.5) is 34.1 Å². The minimum absolute atomic E-state index is 0.0220. The van der Waals surface area contributed by atoms with Crippen LogP contribution in [0, 0.1) is 0 Å². The maximum Gasteiger partial charge on any atom is 0.297 e. The maximum absolute atomic E-state index is 7.44. The van der Waals surface area contributed by atoms with Gasteiger partial charge in [-0.1, -0.05) is 114 Å². The van der Waals surface area contributed by atoms with Gasteiger partial charge in [0.05, 0.1) is 27.8 Å². The van der Waals surface area contributed by atoms with E-state index in [4.69, 9.17) is 13.3 Å². The second kappa shape index (κ2) is 11.5. The first kappa shape index (κ1) is 33.5. The number of hydrogen-bond acceptors (Lipinski definition) is 5. The molecule has 0 aliphatic carbocycles. The number of furan rings is 3. The molecule has 0 amide bonds. The first-order valence-corrected chi connectivity index (χ1v) is 20.3. The predicted octanol–water partition coefficient (Wildman–Crippen LogP) is 12.9. The maximum atomic E-state index is 7.44. The lowest BCUT2D eigenvalue weighted by Crippen LogP contribution is -2.61. The molecule has 0 saturated carbocycles. The van der Waals surface area contributed by atoms with Crippen LogP contribution in [0.2, 0.25) is 0 Å². The van der Waals surface area contributed by atoms with Crippen LogP contribution in [-0.2, 0) is 10.8 Å². The Labute approximate surface area is 337 Å². The third-order valence-electron chi connectivity index (χ3n) is 12.6. The van der Waals surface area contributed by atoms with E-state index in [1.54, 1.807) is 0 Å². The number of rotatable bonds is 2. The lowest BCUT2D eigenvalue weighted by atomic mass is 9.35. The average molecular weight is 753 g/mol. The van der Waals surface area contributed by atoms with Crippen molar-refractivity contribution in [2.45, 2.75) is 52.4 Å². The molecular weight excluding hydrogens is 711 g/mol. The monoisotopic (exact) mass is 752 g/mol. The molecule has 0 saturated heterocycles. The fourth-order valence-corrected chi connectivity index (χ4v) is 9.74. The highest BCUT2D eigenvalue weighted by atomic mass is 16.3. The van der Waals surface area contributed by atoms with Gasteiger partial charge in [-0.25, -0.2) is 0 Å². The van der Waals surface area contributed by atoms with Gasteiger partial charge in [0.15, 0.2) is 0 Å². The summed E-state index contributed by atoms with van der Waals surface area (Å²) in [6.07, 6.45) is 0. The lowest BCUT2D eigenvalue weighted by Gasteiger charge is -2.42. The first-order chi connectivity index (χ1) is 28.0. The van der Waals surface area contributed by atoms with Gasteiger partial charge < -0.3 is 23.1 Å². The molecule has 0 atom stereocenters. The van der Waals surface area contributed by atoms with E-state index in [1.807, 2.05) is 18.2 Å². The minimum Gasteiger partial charge on any atom is -0.467 e. The van der Waals surface area contributed by atoms with Crippen LogP contribution in [-0.4, -0.2) is 6.71 Å². The molecule has 7 aromatic carbocycles. The van der Waals surface area contributed by atoms with Crippen LogP contribution >= 0.6 is 0 Å². The van der Waals surface area contributed by atoms with Crippen molar-refractivity contribution >= 4 is 112 Å². The summed E-state index contributed by atoms with van der Waals surface area (Å²) < 4.78 is 20.5. The van der Waals surface area contributed by atoms with Crippen LogP contribution in [0.15, 0.2) is 153 Å². The zero-order valence-electron chi connectivity index (χ0n) is 33.5. The topological polar surface area (TPSA) is 45.9 Å². The molecular formula is C52H41BN2O3. The standard InChI is InChI=1S/C52H41BN2O3/c1-51(2,3)30-18-22-32(23-19-30)54-38-14-11-15-39-46(38)53(50-47(54)36-26-28-43-45(49(36)58-50)35-13-8-10-17-41(35)57-43)37-27-29-42-44(34-12-7-9-16-40(34)56-42)48(37)55(39)33-24-20-31(21-25-33)52(4,5)6/h7-29H,1-6H3. The smallest absolute Gasteiger partial charge is 0.297 e. The molecule has 5 nitrogen and oxygen atoms in total. The molecule has 0 spiro atoms. The van der Waals surface area contributed by atoms with Crippen molar-refractivity contribution in [1.82, 2.24) is 0 Å². The van der Waals surface area contributed by atoms with Gasteiger partial charge in [0.2, 0.25) is 0 Å². The van der Waals surface area contributed by atoms with Crippen molar-refractivity contribution in [3.63, 3.8) is 0 Å². The Morgan fingerprint density at radius 1 is 0.431 bits per heavy atom. The molecule has 5 heterocycles. The van der Waals surface area contributed by atoms with Gasteiger partial charge in [0.25, 0.3) is 6.71 Å². The van der Waals surface area contributed by atoms with Crippen LogP contribution in [0.1, 0.15) is 52.7 Å². The van der Waals surface area contributed by atoms with Crippen LogP contribution in [0.25, 0.3) is 54.8 Å². The first-order valence-electron chi connectivity index (χ1n) is 20.3. The van der Waals surface area contributed by atoms with Crippen LogP contribution < -0.4 is 26.4 Å². The van der Waals surface area contributed by atoms with E-state index >= 15 is 0 Å². The third kappa shape index (κ3) is 4.54. The molecule has 0 bridgehead atoms. The fourth-order valence-electron chi connectivity index (χ4n) is 9.74. The number of benzene rings is 7. The van der Waals surface area contributed by atoms with E-state index in [-0.39, 0.29) is 17.5 Å². The van der Waals surface area contributed by atoms with Crippen molar-refractivity contribution in [3.05, 3.63) is 151 Å². The second-order valence-electron chi connectivity index (χ2n) is 18.1. The highest BCUT2D eigenvalue weighted by Gasteiger charge is 2.47. The van der Waals surface area contributed by atoms with E-state index < -0.39 is 0 Å². The normalized spacial score (nSPS) is 13.9. The zero-order valence-corrected chi connectivity index (χ0v) is 33.5. The third-order valence-corrected chi connectivity index (χ3v) is 12.6. The Morgan fingerprint density at radius 2 is 0.948 bits per heavy atom. The second-order valence-corrected chi connectivity index (χ2v) is 18.1. The summed E-state index contributed by atoms with van der Waals surface area (Å²) in [7, 11) is 0. The van der Waals surface area contributed by atoms with Crippen molar-refractivity contribution in [2.75, 3.05) is 9.80 Å². The van der Waals surface area contributed by atoms with E-state index in [2.05, 4.69) is 173 Å². The summed E-state index contributed by atoms with van der Waals surface area (Å²) in [4.78, 5) is 4.91. The SMILES string of the molecule is CC(C)(C)c1ccc(N2c3cccc4c3B(c3ccc5oc6ccccc6c5c3N4c3ccc(C(C)(C)C)cc3)c3oc4c(ccc5oc6ccccc6c54)c32)cc1. The Balaban J connectivity index is 1.21. The quantitative estimate of drug-likeness (QED) is 0.165. The van der Waals surface area contributed by atoms with Gasteiger partial charge in [-0.15, -0.1) is 0 Å². The molecule has 0 N–H and O–H groups in total. The van der Waals surface area contributed by atoms with E-state index in [0.29, 0.717) is 0 Å². The highest BCUT2D eigenvalue weighted by Crippen LogP contribution is 2.50. The average Bonchev–Trinajstić information content (AvgIpc) is 3.92. The van der Waals surface area contributed by atoms with Gasteiger partial charge in [-0.3, -0.25) is 0 Å². The number of hydrogen-bond donors (Lipinski definition) is 0. The summed E-state index contributed by atoms with van der Waals surface area (Å²) in [5.74, 6) is 0. The largest absolute Gasteiger partial charge is 0.467 e. The van der Waals surface area contributed by atoms with Gasteiger partial charge in [0.1, 0.15) is 27.9 Å². The number of fused-ring (bicyclic) bond motifs is 14. The van der Waals surface area contributed by atoms with Crippen molar-refractivity contribution in [1.29, 1.82) is 0 Å². The van der Waals surface area contributed by atoms with E-state index in [1.165, 1.54) is 22.1 Å². The fraction of sp³-hybridized carbons (Fsp3) is 0.154. The Morgan fingerprint density at radius 3 is 1.53 bits per heavy atom. The van der Waals surface area contributed by atoms with Crippen molar-refractivity contribution < 1.29 is 13.3 Å². The van der Waals surface area contributed by atoms with Gasteiger partial charge >= 0.3 is 0 Å². The molecule has 58 heavy (non-hydrogen) atoms. The molecule has 3 aromatic heterocycles. The highest BCUT2D eigenvalue weighted by molar-refractivity contribution is 7.00. The van der Waals surface area contributed by atoms with Gasteiger partial charge in [-0.05, 0) is 99.6 Å². The van der Waals surface area contributed by atoms with Crippen LogP contribution in [0.3, 0.4) is 0 Å². The van der Waals surface area contributed by atoms with Gasteiger partial charge in [-0.2, -0.15) is 0 Å². The summed E-state index contributed by atoms with van der Waals surface area (Å²) >= 11 is 0. The zero-order chi connectivity index (χ0) is 39.2. The van der Waals surface area contributed by atoms with Crippen molar-refractivity contribution in [3.8, 4) is 0 Å².